The van der Waals surface area contributed by atoms with Crippen LogP contribution in [0, 0.1) is 0 Å². The van der Waals surface area contributed by atoms with E-state index < -0.39 is 0 Å². The molecule has 2 aromatic rings. The minimum atomic E-state index is 0.206. The molecular formula is C14H20N5O2+. The summed E-state index contributed by atoms with van der Waals surface area (Å²) in [4.78, 5) is 8.58. The molecule has 1 aromatic carbocycles. The molecule has 7 nitrogen and oxygen atoms in total. The second kappa shape index (κ2) is 8.01. The van der Waals surface area contributed by atoms with Gasteiger partial charge in [0.25, 0.3) is 0 Å². The first kappa shape index (κ1) is 15.0. The summed E-state index contributed by atoms with van der Waals surface area (Å²) in [5.41, 5.74) is 10.1. The van der Waals surface area contributed by atoms with Crippen molar-refractivity contribution >= 4 is 11.7 Å². The van der Waals surface area contributed by atoms with Crippen LogP contribution in [0.25, 0.3) is 0 Å². The Labute approximate surface area is 123 Å². The summed E-state index contributed by atoms with van der Waals surface area (Å²) in [5, 5.41) is 7.35. The maximum absolute atomic E-state index is 5.72. The van der Waals surface area contributed by atoms with Gasteiger partial charge in [0.15, 0.2) is 0 Å². The van der Waals surface area contributed by atoms with E-state index >= 15 is 0 Å². The summed E-state index contributed by atoms with van der Waals surface area (Å²) >= 11 is 0. The van der Waals surface area contributed by atoms with Crippen LogP contribution in [0.15, 0.2) is 35.0 Å². The summed E-state index contributed by atoms with van der Waals surface area (Å²) in [6.07, 6.45) is 2.02. The second-order valence-electron chi connectivity index (χ2n) is 4.52. The Kier molecular flexibility index (Phi) is 5.71. The number of unbranched alkanes of at least 4 members (excludes halogenated alkanes) is 1. The molecule has 0 spiro atoms. The molecule has 1 aromatic heterocycles. The molecule has 0 saturated carbocycles. The van der Waals surface area contributed by atoms with Crippen LogP contribution < -0.4 is 16.2 Å². The molecule has 21 heavy (non-hydrogen) atoms. The van der Waals surface area contributed by atoms with Crippen LogP contribution in [-0.4, -0.2) is 22.8 Å². The summed E-state index contributed by atoms with van der Waals surface area (Å²) in [6, 6.07) is 9.97. The SMILES string of the molecule is CCCCONC(=[NH+]Cc1ccccc1)c1nonc1N. The molecule has 0 aliphatic carbocycles. The van der Waals surface area contributed by atoms with Gasteiger partial charge < -0.3 is 5.73 Å². The van der Waals surface area contributed by atoms with Gasteiger partial charge >= 0.3 is 5.84 Å². The highest BCUT2D eigenvalue weighted by molar-refractivity contribution is 5.95. The number of hydrogen-bond donors (Lipinski definition) is 3. The van der Waals surface area contributed by atoms with Crippen LogP contribution in [0.2, 0.25) is 0 Å². The Balaban J connectivity index is 2.06. The molecule has 112 valence electrons. The second-order valence-corrected chi connectivity index (χ2v) is 4.52. The lowest BCUT2D eigenvalue weighted by Crippen LogP contribution is -2.75. The lowest BCUT2D eigenvalue weighted by Gasteiger charge is -2.01. The van der Waals surface area contributed by atoms with Crippen LogP contribution in [-0.2, 0) is 11.4 Å². The number of anilines is 1. The number of nitrogens with two attached hydrogens (primary N) is 1. The lowest BCUT2D eigenvalue weighted by atomic mass is 10.2. The van der Waals surface area contributed by atoms with E-state index in [2.05, 4.69) is 32.3 Å². The number of rotatable bonds is 7. The van der Waals surface area contributed by atoms with Crippen molar-refractivity contribution < 1.29 is 14.5 Å². The number of nitrogens with zero attached hydrogens (tertiary/aromatic N) is 2. The van der Waals surface area contributed by atoms with Gasteiger partial charge in [-0.2, -0.15) is 4.84 Å². The molecule has 0 amide bonds. The summed E-state index contributed by atoms with van der Waals surface area (Å²) in [5.74, 6) is 0.742. The van der Waals surface area contributed by atoms with E-state index in [0.717, 1.165) is 18.4 Å². The van der Waals surface area contributed by atoms with Crippen LogP contribution >= 0.6 is 0 Å². The number of benzene rings is 1. The zero-order valence-electron chi connectivity index (χ0n) is 12.0. The third-order valence-electron chi connectivity index (χ3n) is 2.84. The van der Waals surface area contributed by atoms with E-state index in [9.17, 15) is 0 Å². The van der Waals surface area contributed by atoms with Crippen LogP contribution in [0.4, 0.5) is 5.82 Å². The van der Waals surface area contributed by atoms with Gasteiger partial charge in [0, 0.05) is 0 Å². The fourth-order valence-corrected chi connectivity index (χ4v) is 1.66. The fraction of sp³-hybridized carbons (Fsp3) is 0.357. The molecule has 0 unspecified atom stereocenters. The van der Waals surface area contributed by atoms with Crippen LogP contribution in [0.3, 0.4) is 0 Å². The number of hydrogen-bond acceptors (Lipinski definition) is 5. The number of nitrogens with one attached hydrogen (secondary N) is 2. The molecule has 1 heterocycles. The van der Waals surface area contributed by atoms with Crippen molar-refractivity contribution in [2.45, 2.75) is 26.3 Å². The molecule has 0 radical (unpaired) electrons. The van der Waals surface area contributed by atoms with Gasteiger partial charge in [0.05, 0.1) is 6.61 Å². The Bertz CT molecular complexity index is 568. The van der Waals surface area contributed by atoms with Gasteiger partial charge in [-0.3, -0.25) is 4.99 Å². The lowest BCUT2D eigenvalue weighted by molar-refractivity contribution is -0.479. The molecule has 0 bridgehead atoms. The molecule has 7 heteroatoms. The molecule has 0 aliphatic heterocycles. The Morgan fingerprint density at radius 2 is 2.14 bits per heavy atom. The number of amidine groups is 1. The van der Waals surface area contributed by atoms with E-state index in [-0.39, 0.29) is 5.82 Å². The topological polar surface area (TPSA) is 100 Å². The maximum atomic E-state index is 5.72. The molecular weight excluding hydrogens is 270 g/mol. The van der Waals surface area contributed by atoms with Gasteiger partial charge in [-0.1, -0.05) is 43.7 Å². The van der Waals surface area contributed by atoms with E-state index in [1.54, 1.807) is 0 Å². The largest absolute Gasteiger partial charge is 0.379 e. The fourth-order valence-electron chi connectivity index (χ4n) is 1.66. The summed E-state index contributed by atoms with van der Waals surface area (Å²) < 4.78 is 4.62. The van der Waals surface area contributed by atoms with Gasteiger partial charge in [-0.15, -0.1) is 5.48 Å². The molecule has 4 N–H and O–H groups in total. The highest BCUT2D eigenvalue weighted by atomic mass is 16.6. The van der Waals surface area contributed by atoms with Crippen molar-refractivity contribution in [2.24, 2.45) is 0 Å². The van der Waals surface area contributed by atoms with Crippen molar-refractivity contribution in [2.75, 3.05) is 12.3 Å². The maximum Gasteiger partial charge on any atom is 0.332 e. The normalized spacial score (nSPS) is 11.6. The van der Waals surface area contributed by atoms with Gasteiger partial charge in [-0.25, -0.2) is 4.63 Å². The predicted octanol–water partition coefficient (Wildman–Crippen LogP) is 0.000500. The minimum Gasteiger partial charge on any atom is -0.379 e. The Hall–Kier alpha value is -2.41. The molecule has 0 atom stereocenters. The summed E-state index contributed by atoms with van der Waals surface area (Å²) in [6.45, 7) is 3.30. The zero-order valence-corrected chi connectivity index (χ0v) is 12.0. The molecule has 0 saturated heterocycles. The molecule has 0 aliphatic rings. The highest BCUT2D eigenvalue weighted by Crippen LogP contribution is 2.02. The number of aromatic nitrogens is 2. The van der Waals surface area contributed by atoms with E-state index in [0.29, 0.717) is 24.7 Å². The van der Waals surface area contributed by atoms with Crippen molar-refractivity contribution in [1.82, 2.24) is 15.8 Å². The highest BCUT2D eigenvalue weighted by Gasteiger charge is 2.20. The third kappa shape index (κ3) is 4.57. The monoisotopic (exact) mass is 290 g/mol. The van der Waals surface area contributed by atoms with E-state index in [1.807, 2.05) is 30.3 Å². The first-order valence-corrected chi connectivity index (χ1v) is 6.92. The van der Waals surface area contributed by atoms with E-state index in [4.69, 9.17) is 10.6 Å². The third-order valence-corrected chi connectivity index (χ3v) is 2.84. The van der Waals surface area contributed by atoms with Crippen molar-refractivity contribution in [3.8, 4) is 0 Å². The van der Waals surface area contributed by atoms with Crippen molar-refractivity contribution in [3.05, 3.63) is 41.6 Å². The first-order valence-electron chi connectivity index (χ1n) is 6.92. The number of nitrogen functional groups attached to an aromatic ring is 1. The first-order chi connectivity index (χ1) is 10.3. The van der Waals surface area contributed by atoms with Crippen LogP contribution in [0.1, 0.15) is 31.0 Å². The molecule has 2 rings (SSSR count). The average Bonchev–Trinajstić information content (AvgIpc) is 2.94. The number of hydroxylamine groups is 1. The summed E-state index contributed by atoms with van der Waals surface area (Å²) in [7, 11) is 0. The van der Waals surface area contributed by atoms with Crippen molar-refractivity contribution in [1.29, 1.82) is 0 Å². The Morgan fingerprint density at radius 3 is 2.81 bits per heavy atom. The average molecular weight is 290 g/mol. The Morgan fingerprint density at radius 1 is 1.33 bits per heavy atom. The quantitative estimate of drug-likeness (QED) is 0.287. The van der Waals surface area contributed by atoms with Gasteiger partial charge in [0.2, 0.25) is 11.5 Å². The van der Waals surface area contributed by atoms with Crippen molar-refractivity contribution in [3.63, 3.8) is 0 Å². The van der Waals surface area contributed by atoms with Gasteiger partial charge in [-0.05, 0) is 22.3 Å². The molecule has 0 fully saturated rings. The minimum absolute atomic E-state index is 0.206. The zero-order chi connectivity index (χ0) is 14.9. The van der Waals surface area contributed by atoms with Crippen LogP contribution in [0.5, 0.6) is 0 Å². The van der Waals surface area contributed by atoms with Gasteiger partial charge in [0.1, 0.15) is 6.54 Å². The predicted molar refractivity (Wildman–Crippen MR) is 77.9 cm³/mol. The standard InChI is InChI=1S/C14H19N5O2/c1-2-3-9-20-19-14(12-13(15)18-21-17-12)16-10-11-7-5-4-6-8-11/h4-8H,2-3,9-10H2,1H3,(H2,15,18)(H,16,19)/p+1. The van der Waals surface area contributed by atoms with E-state index in [1.165, 1.54) is 0 Å². The smallest absolute Gasteiger partial charge is 0.332 e.